The maximum Gasteiger partial charge on any atom is 0.270 e. The van der Waals surface area contributed by atoms with Crippen LogP contribution in [0.25, 0.3) is 10.9 Å². The average Bonchev–Trinajstić information content (AvgIpc) is 3.26. The normalized spacial score (nSPS) is 17.8. The van der Waals surface area contributed by atoms with Crippen LogP contribution in [-0.2, 0) is 0 Å². The zero-order valence-electron chi connectivity index (χ0n) is 14.3. The van der Waals surface area contributed by atoms with Crippen LogP contribution in [0.15, 0.2) is 30.9 Å². The maximum absolute atomic E-state index is 13.0. The molecule has 0 radical (unpaired) electrons. The van der Waals surface area contributed by atoms with E-state index in [0.717, 1.165) is 41.7 Å². The lowest BCUT2D eigenvalue weighted by molar-refractivity contribution is 0.0782. The lowest BCUT2D eigenvalue weighted by atomic mass is 10.1. The van der Waals surface area contributed by atoms with Crippen molar-refractivity contribution >= 4 is 16.8 Å². The predicted octanol–water partition coefficient (Wildman–Crippen LogP) is 3.38. The van der Waals surface area contributed by atoms with E-state index in [9.17, 15) is 4.79 Å². The van der Waals surface area contributed by atoms with Crippen molar-refractivity contribution in [2.75, 3.05) is 13.1 Å². The molecule has 3 aromatic rings. The molecule has 1 fully saturated rings. The minimum atomic E-state index is 0.100. The van der Waals surface area contributed by atoms with Crippen LogP contribution in [0.3, 0.4) is 0 Å². The van der Waals surface area contributed by atoms with Crippen molar-refractivity contribution in [3.63, 3.8) is 0 Å². The third-order valence-electron chi connectivity index (χ3n) is 5.12. The van der Waals surface area contributed by atoms with E-state index in [-0.39, 0.29) is 5.91 Å². The molecule has 1 atom stereocenters. The van der Waals surface area contributed by atoms with Crippen LogP contribution in [0.4, 0.5) is 0 Å². The molecule has 0 spiro atoms. The number of rotatable bonds is 2. The van der Waals surface area contributed by atoms with Crippen LogP contribution in [0.5, 0.6) is 0 Å². The second-order valence-electron chi connectivity index (χ2n) is 6.83. The number of hydrogen-bond donors (Lipinski definition) is 1. The van der Waals surface area contributed by atoms with E-state index in [0.29, 0.717) is 6.04 Å². The zero-order chi connectivity index (χ0) is 16.8. The van der Waals surface area contributed by atoms with Gasteiger partial charge in [0.05, 0.1) is 12.4 Å². The number of benzene rings is 1. The Balaban J connectivity index is 1.64. The smallest absolute Gasteiger partial charge is 0.270 e. The summed E-state index contributed by atoms with van der Waals surface area (Å²) < 4.78 is 2.10. The number of amides is 1. The number of nitrogens with one attached hydrogen (secondary N) is 1. The highest BCUT2D eigenvalue weighted by atomic mass is 16.2. The Morgan fingerprint density at radius 3 is 2.88 bits per heavy atom. The van der Waals surface area contributed by atoms with E-state index in [2.05, 4.69) is 40.5 Å². The molecule has 5 heteroatoms. The molecule has 4 rings (SSSR count). The molecule has 1 aliphatic rings. The van der Waals surface area contributed by atoms with Gasteiger partial charge in [0.15, 0.2) is 0 Å². The van der Waals surface area contributed by atoms with E-state index >= 15 is 0 Å². The molecule has 3 heterocycles. The highest BCUT2D eigenvalue weighted by Gasteiger charge is 2.29. The number of nitrogens with zero attached hydrogens (tertiary/aromatic N) is 3. The van der Waals surface area contributed by atoms with Crippen molar-refractivity contribution < 1.29 is 4.79 Å². The van der Waals surface area contributed by atoms with Crippen LogP contribution < -0.4 is 0 Å². The Morgan fingerprint density at radius 1 is 1.29 bits per heavy atom. The Labute approximate surface area is 141 Å². The van der Waals surface area contributed by atoms with Crippen molar-refractivity contribution in [2.24, 2.45) is 0 Å². The van der Waals surface area contributed by atoms with E-state index in [1.807, 2.05) is 24.3 Å². The van der Waals surface area contributed by atoms with Crippen LogP contribution >= 0.6 is 0 Å². The lowest BCUT2D eigenvalue weighted by Crippen LogP contribution is -2.29. The van der Waals surface area contributed by atoms with Crippen molar-refractivity contribution in [3.05, 3.63) is 53.2 Å². The fraction of sp³-hybridized carbons (Fsp3) is 0.368. The summed E-state index contributed by atoms with van der Waals surface area (Å²) in [6, 6.07) is 4.63. The molecule has 24 heavy (non-hydrogen) atoms. The van der Waals surface area contributed by atoms with Gasteiger partial charge in [0.2, 0.25) is 0 Å². The van der Waals surface area contributed by atoms with Gasteiger partial charge in [0, 0.05) is 36.4 Å². The molecule has 2 aromatic heterocycles. The molecular weight excluding hydrogens is 300 g/mol. The molecule has 1 N–H and O–H groups in total. The number of aryl methyl sites for hydroxylation is 3. The number of H-pyrrole nitrogens is 1. The summed E-state index contributed by atoms with van der Waals surface area (Å²) in [6.45, 7) is 7.74. The Morgan fingerprint density at radius 2 is 2.12 bits per heavy atom. The number of carbonyl (C=O) groups excluding carboxylic acids is 1. The molecule has 1 aliphatic heterocycles. The third kappa shape index (κ3) is 2.31. The number of likely N-dealkylation sites (tertiary alicyclic amines) is 1. The van der Waals surface area contributed by atoms with Gasteiger partial charge >= 0.3 is 0 Å². The van der Waals surface area contributed by atoms with Gasteiger partial charge in [-0.3, -0.25) is 4.79 Å². The largest absolute Gasteiger partial charge is 0.350 e. The SMILES string of the molecule is Cc1cc(C)c2[nH]c(C(=O)N3CCC(n4ccnc4)C3)c(C)c2c1. The van der Waals surface area contributed by atoms with Gasteiger partial charge in [0.25, 0.3) is 5.91 Å². The molecule has 0 aliphatic carbocycles. The average molecular weight is 322 g/mol. The van der Waals surface area contributed by atoms with Crippen LogP contribution in [0.2, 0.25) is 0 Å². The first kappa shape index (κ1) is 15.0. The number of fused-ring (bicyclic) bond motifs is 1. The Bertz CT molecular complexity index is 907. The van der Waals surface area contributed by atoms with Crippen LogP contribution in [-0.4, -0.2) is 38.4 Å². The molecule has 1 amide bonds. The summed E-state index contributed by atoms with van der Waals surface area (Å²) in [5.74, 6) is 0.100. The summed E-state index contributed by atoms with van der Waals surface area (Å²) in [5, 5.41) is 1.15. The zero-order valence-corrected chi connectivity index (χ0v) is 14.3. The predicted molar refractivity (Wildman–Crippen MR) is 94.3 cm³/mol. The van der Waals surface area contributed by atoms with Crippen LogP contribution in [0.1, 0.15) is 39.6 Å². The van der Waals surface area contributed by atoms with Crippen molar-refractivity contribution in [1.29, 1.82) is 0 Å². The summed E-state index contributed by atoms with van der Waals surface area (Å²) >= 11 is 0. The highest BCUT2D eigenvalue weighted by molar-refractivity contribution is 6.01. The molecule has 0 bridgehead atoms. The van der Waals surface area contributed by atoms with Crippen molar-refractivity contribution in [2.45, 2.75) is 33.2 Å². The van der Waals surface area contributed by atoms with Crippen molar-refractivity contribution in [3.8, 4) is 0 Å². The summed E-state index contributed by atoms with van der Waals surface area (Å²) in [4.78, 5) is 22.5. The highest BCUT2D eigenvalue weighted by Crippen LogP contribution is 2.29. The molecule has 1 unspecified atom stereocenters. The lowest BCUT2D eigenvalue weighted by Gasteiger charge is -2.16. The second-order valence-corrected chi connectivity index (χ2v) is 6.83. The first-order valence-corrected chi connectivity index (χ1v) is 8.41. The van der Waals surface area contributed by atoms with Gasteiger partial charge in [-0.1, -0.05) is 11.6 Å². The van der Waals surface area contributed by atoms with Gasteiger partial charge in [0.1, 0.15) is 5.69 Å². The number of imidazole rings is 1. The fourth-order valence-electron chi connectivity index (χ4n) is 3.81. The molecule has 124 valence electrons. The summed E-state index contributed by atoms with van der Waals surface area (Å²) in [6.07, 6.45) is 6.56. The van der Waals surface area contributed by atoms with Gasteiger partial charge in [-0.15, -0.1) is 0 Å². The molecule has 5 nitrogen and oxygen atoms in total. The van der Waals surface area contributed by atoms with Gasteiger partial charge in [-0.05, 0) is 44.4 Å². The quantitative estimate of drug-likeness (QED) is 0.786. The fourth-order valence-corrected chi connectivity index (χ4v) is 3.81. The topological polar surface area (TPSA) is 53.9 Å². The van der Waals surface area contributed by atoms with Gasteiger partial charge < -0.3 is 14.5 Å². The Hall–Kier alpha value is -2.56. The number of carbonyl (C=O) groups is 1. The number of aromatic amines is 1. The second kappa shape index (κ2) is 5.51. The minimum Gasteiger partial charge on any atom is -0.350 e. The standard InChI is InChI=1S/C19H22N4O/c1-12-8-13(2)17-16(9-12)14(3)18(21-17)19(24)22-6-4-15(10-22)23-7-5-20-11-23/h5,7-9,11,15,21H,4,6,10H2,1-3H3. The molecule has 0 saturated carbocycles. The maximum atomic E-state index is 13.0. The van der Waals surface area contributed by atoms with Crippen LogP contribution in [0, 0.1) is 20.8 Å². The molecule has 1 aromatic carbocycles. The molecule has 1 saturated heterocycles. The first-order valence-electron chi connectivity index (χ1n) is 8.41. The van der Waals surface area contributed by atoms with E-state index in [1.54, 1.807) is 6.20 Å². The van der Waals surface area contributed by atoms with E-state index < -0.39 is 0 Å². The molecular formula is C19H22N4O. The van der Waals surface area contributed by atoms with Crippen molar-refractivity contribution in [1.82, 2.24) is 19.4 Å². The van der Waals surface area contributed by atoms with E-state index in [1.165, 1.54) is 11.1 Å². The summed E-state index contributed by atoms with van der Waals surface area (Å²) in [5.41, 5.74) is 5.26. The van der Waals surface area contributed by atoms with Gasteiger partial charge in [-0.2, -0.15) is 0 Å². The monoisotopic (exact) mass is 322 g/mol. The first-order chi connectivity index (χ1) is 11.5. The van der Waals surface area contributed by atoms with E-state index in [4.69, 9.17) is 0 Å². The third-order valence-corrected chi connectivity index (χ3v) is 5.12. The number of hydrogen-bond acceptors (Lipinski definition) is 2. The Kier molecular flexibility index (Phi) is 3.44. The van der Waals surface area contributed by atoms with Gasteiger partial charge in [-0.25, -0.2) is 4.98 Å². The summed E-state index contributed by atoms with van der Waals surface area (Å²) in [7, 11) is 0. The number of aromatic nitrogens is 3. The minimum absolute atomic E-state index is 0.100.